The predicted molar refractivity (Wildman–Crippen MR) is 88.7 cm³/mol. The average Bonchev–Trinajstić information content (AvgIpc) is 3.14. The molecule has 1 aromatic carbocycles. The molecule has 0 aliphatic carbocycles. The Kier molecular flexibility index (Phi) is 3.60. The molecular formula is C17H15F2N5O. The third kappa shape index (κ3) is 2.79. The molecule has 0 radical (unpaired) electrons. The fraction of sp³-hybridized carbons (Fsp3) is 0.235. The lowest BCUT2D eigenvalue weighted by Gasteiger charge is -2.11. The van der Waals surface area contributed by atoms with Crippen LogP contribution in [0, 0.1) is 18.7 Å². The topological polar surface area (TPSA) is 64.3 Å². The van der Waals surface area contributed by atoms with Crippen molar-refractivity contribution in [3.8, 4) is 11.1 Å². The van der Waals surface area contributed by atoms with Crippen molar-refractivity contribution in [2.75, 3.05) is 0 Å². The van der Waals surface area contributed by atoms with Gasteiger partial charge in [-0.1, -0.05) is 6.07 Å². The van der Waals surface area contributed by atoms with Crippen molar-refractivity contribution in [1.82, 2.24) is 20.2 Å². The monoisotopic (exact) mass is 343 g/mol. The number of aromatic nitrogens is 3. The number of nitrogens with zero attached hydrogens (tertiary/aromatic N) is 4. The molecular weight excluding hydrogens is 328 g/mol. The van der Waals surface area contributed by atoms with Gasteiger partial charge >= 0.3 is 0 Å². The van der Waals surface area contributed by atoms with E-state index in [4.69, 9.17) is 4.74 Å². The maximum absolute atomic E-state index is 14.1. The van der Waals surface area contributed by atoms with Crippen LogP contribution >= 0.6 is 0 Å². The summed E-state index contributed by atoms with van der Waals surface area (Å²) in [6.45, 7) is 3.69. The summed E-state index contributed by atoms with van der Waals surface area (Å²) in [5.41, 5.74) is 5.61. The van der Waals surface area contributed by atoms with Gasteiger partial charge in [-0.3, -0.25) is 10.1 Å². The SMILES string of the molecule is CC1=NNC(Cn2nc(F)c3ncc(-c4ccc(F)c(C)c4)cc32)O1. The molecule has 1 N–H and O–H groups in total. The Hall–Kier alpha value is -3.03. The number of hydrogen-bond acceptors (Lipinski definition) is 5. The van der Waals surface area contributed by atoms with Gasteiger partial charge in [-0.2, -0.15) is 4.39 Å². The smallest absolute Gasteiger partial charge is 0.258 e. The summed E-state index contributed by atoms with van der Waals surface area (Å²) in [6.07, 6.45) is 1.14. The number of pyridine rings is 1. The van der Waals surface area contributed by atoms with Gasteiger partial charge in [0.15, 0.2) is 0 Å². The average molecular weight is 343 g/mol. The van der Waals surface area contributed by atoms with E-state index in [-0.39, 0.29) is 17.9 Å². The minimum absolute atomic E-state index is 0.179. The fourth-order valence-electron chi connectivity index (χ4n) is 2.79. The van der Waals surface area contributed by atoms with Gasteiger partial charge in [-0.15, -0.1) is 10.2 Å². The summed E-state index contributed by atoms with van der Waals surface area (Å²) in [7, 11) is 0. The molecule has 128 valence electrons. The summed E-state index contributed by atoms with van der Waals surface area (Å²) in [5.74, 6) is -0.399. The van der Waals surface area contributed by atoms with Crippen molar-refractivity contribution in [1.29, 1.82) is 0 Å². The first-order valence-corrected chi connectivity index (χ1v) is 7.76. The van der Waals surface area contributed by atoms with Gasteiger partial charge < -0.3 is 4.74 Å². The van der Waals surface area contributed by atoms with E-state index in [2.05, 4.69) is 20.6 Å². The number of benzene rings is 1. The third-order valence-corrected chi connectivity index (χ3v) is 4.06. The minimum atomic E-state index is -0.646. The van der Waals surface area contributed by atoms with Crippen molar-refractivity contribution < 1.29 is 13.5 Å². The number of rotatable bonds is 3. The molecule has 25 heavy (non-hydrogen) atoms. The van der Waals surface area contributed by atoms with Crippen LogP contribution in [-0.2, 0) is 11.3 Å². The number of hydrazone groups is 1. The maximum Gasteiger partial charge on any atom is 0.258 e. The Morgan fingerprint density at radius 3 is 2.76 bits per heavy atom. The zero-order valence-corrected chi connectivity index (χ0v) is 13.6. The molecule has 3 heterocycles. The van der Waals surface area contributed by atoms with Gasteiger partial charge in [0.2, 0.25) is 12.1 Å². The number of ether oxygens (including phenoxy) is 1. The molecule has 4 rings (SSSR count). The zero-order chi connectivity index (χ0) is 17.6. The van der Waals surface area contributed by atoms with Gasteiger partial charge in [-0.25, -0.2) is 9.37 Å². The van der Waals surface area contributed by atoms with E-state index >= 15 is 0 Å². The van der Waals surface area contributed by atoms with Crippen LogP contribution in [0.3, 0.4) is 0 Å². The first-order chi connectivity index (χ1) is 12.0. The molecule has 0 saturated heterocycles. The van der Waals surface area contributed by atoms with Crippen molar-refractivity contribution >= 4 is 16.9 Å². The lowest BCUT2D eigenvalue weighted by atomic mass is 10.0. The fourth-order valence-corrected chi connectivity index (χ4v) is 2.79. The van der Waals surface area contributed by atoms with E-state index in [0.717, 1.165) is 11.1 Å². The Morgan fingerprint density at radius 1 is 1.20 bits per heavy atom. The molecule has 1 aliphatic heterocycles. The Morgan fingerprint density at radius 2 is 2.04 bits per heavy atom. The molecule has 0 bridgehead atoms. The number of nitrogens with one attached hydrogen (secondary N) is 1. The lowest BCUT2D eigenvalue weighted by Crippen LogP contribution is -2.28. The Labute approximate surface area is 142 Å². The number of halogens is 2. The van der Waals surface area contributed by atoms with Crippen LogP contribution in [0.2, 0.25) is 0 Å². The van der Waals surface area contributed by atoms with Crippen molar-refractivity contribution in [3.05, 3.63) is 47.8 Å². The number of fused-ring (bicyclic) bond motifs is 1. The van der Waals surface area contributed by atoms with Gasteiger partial charge in [0, 0.05) is 18.7 Å². The van der Waals surface area contributed by atoms with Crippen molar-refractivity contribution in [2.45, 2.75) is 26.6 Å². The van der Waals surface area contributed by atoms with Crippen LogP contribution in [-0.4, -0.2) is 26.9 Å². The predicted octanol–water partition coefficient (Wildman–Crippen LogP) is 2.96. The highest BCUT2D eigenvalue weighted by Crippen LogP contribution is 2.26. The van der Waals surface area contributed by atoms with Gasteiger partial charge in [0.05, 0.1) is 12.1 Å². The van der Waals surface area contributed by atoms with Crippen LogP contribution in [0.25, 0.3) is 22.2 Å². The molecule has 0 saturated carbocycles. The van der Waals surface area contributed by atoms with E-state index in [9.17, 15) is 8.78 Å². The first-order valence-electron chi connectivity index (χ1n) is 7.76. The second-order valence-corrected chi connectivity index (χ2v) is 5.90. The molecule has 0 fully saturated rings. The van der Waals surface area contributed by atoms with E-state index in [1.54, 1.807) is 38.2 Å². The highest BCUT2D eigenvalue weighted by atomic mass is 19.1. The molecule has 0 spiro atoms. The second kappa shape index (κ2) is 5.80. The number of aryl methyl sites for hydroxylation is 1. The van der Waals surface area contributed by atoms with Crippen molar-refractivity contribution in [3.63, 3.8) is 0 Å². The van der Waals surface area contributed by atoms with Gasteiger partial charge in [0.1, 0.15) is 11.3 Å². The highest BCUT2D eigenvalue weighted by molar-refractivity contribution is 5.81. The zero-order valence-electron chi connectivity index (χ0n) is 13.6. The molecule has 6 nitrogen and oxygen atoms in total. The third-order valence-electron chi connectivity index (χ3n) is 4.06. The van der Waals surface area contributed by atoms with Crippen LogP contribution in [0.15, 0.2) is 35.6 Å². The van der Waals surface area contributed by atoms with Crippen LogP contribution in [0.1, 0.15) is 12.5 Å². The summed E-state index contributed by atoms with van der Waals surface area (Å²) in [4.78, 5) is 4.18. The summed E-state index contributed by atoms with van der Waals surface area (Å²) in [5, 5.41) is 7.84. The quantitative estimate of drug-likeness (QED) is 0.794. The summed E-state index contributed by atoms with van der Waals surface area (Å²) >= 11 is 0. The summed E-state index contributed by atoms with van der Waals surface area (Å²) in [6, 6.07) is 6.59. The maximum atomic E-state index is 14.1. The van der Waals surface area contributed by atoms with Crippen LogP contribution in [0.4, 0.5) is 8.78 Å². The summed E-state index contributed by atoms with van der Waals surface area (Å²) < 4.78 is 34.5. The second-order valence-electron chi connectivity index (χ2n) is 5.90. The normalized spacial score (nSPS) is 16.6. The molecule has 1 unspecified atom stereocenters. The van der Waals surface area contributed by atoms with Gasteiger partial charge in [0.25, 0.3) is 5.95 Å². The molecule has 1 aliphatic rings. The van der Waals surface area contributed by atoms with Crippen LogP contribution < -0.4 is 5.43 Å². The van der Waals surface area contributed by atoms with Crippen LogP contribution in [0.5, 0.6) is 0 Å². The molecule has 2 aromatic heterocycles. The largest absolute Gasteiger partial charge is 0.453 e. The Balaban J connectivity index is 1.73. The first kappa shape index (κ1) is 15.5. The van der Waals surface area contributed by atoms with E-state index < -0.39 is 12.2 Å². The standard InChI is InChI=1S/C17H15F2N5O/c1-9-5-11(3-4-13(9)18)12-6-14-16(20-7-12)17(19)23-24(14)8-15-22-21-10(2)25-15/h3-7,15,22H,8H2,1-2H3. The van der Waals surface area contributed by atoms with E-state index in [0.29, 0.717) is 17.0 Å². The highest BCUT2D eigenvalue weighted by Gasteiger charge is 2.20. The number of hydrogen-bond donors (Lipinski definition) is 1. The molecule has 0 amide bonds. The lowest BCUT2D eigenvalue weighted by molar-refractivity contribution is 0.160. The van der Waals surface area contributed by atoms with Crippen molar-refractivity contribution in [2.24, 2.45) is 5.10 Å². The molecule has 1 atom stereocenters. The van der Waals surface area contributed by atoms with Gasteiger partial charge in [-0.05, 0) is 36.2 Å². The van der Waals surface area contributed by atoms with E-state index in [1.165, 1.54) is 10.7 Å². The Bertz CT molecular complexity index is 998. The molecule has 8 heteroatoms. The molecule has 3 aromatic rings. The minimum Gasteiger partial charge on any atom is -0.453 e. The van der Waals surface area contributed by atoms with E-state index in [1.807, 2.05) is 0 Å².